The molecule has 1 saturated heterocycles. The van der Waals surface area contributed by atoms with Crippen LogP contribution in [0.25, 0.3) is 11.3 Å². The molecule has 2 aliphatic heterocycles. The maximum atomic E-state index is 13.0. The van der Waals surface area contributed by atoms with Gasteiger partial charge in [0.15, 0.2) is 10.9 Å². The van der Waals surface area contributed by atoms with Crippen molar-refractivity contribution in [3.8, 4) is 11.3 Å². The second kappa shape index (κ2) is 13.0. The van der Waals surface area contributed by atoms with Crippen LogP contribution in [0.15, 0.2) is 47.6 Å². The number of rotatable bonds is 10. The van der Waals surface area contributed by atoms with Gasteiger partial charge in [0.2, 0.25) is 5.91 Å². The van der Waals surface area contributed by atoms with Gasteiger partial charge in [0.05, 0.1) is 11.6 Å². The molecular formula is C33H40N8O2S. The predicted molar refractivity (Wildman–Crippen MR) is 176 cm³/mol. The summed E-state index contributed by atoms with van der Waals surface area (Å²) in [5.74, 6) is 0.608. The number of carbonyl (C=O) groups is 2. The van der Waals surface area contributed by atoms with Crippen molar-refractivity contribution in [2.24, 2.45) is 10.9 Å². The zero-order chi connectivity index (χ0) is 30.8. The molecule has 2 fully saturated rings. The number of thiazole rings is 1. The fourth-order valence-corrected chi connectivity index (χ4v) is 6.77. The van der Waals surface area contributed by atoms with Crippen LogP contribution in [-0.2, 0) is 11.2 Å². The van der Waals surface area contributed by atoms with Crippen LogP contribution in [0, 0.1) is 11.3 Å². The maximum Gasteiger partial charge on any atom is 0.257 e. The van der Waals surface area contributed by atoms with Crippen LogP contribution < -0.4 is 5.32 Å². The smallest absolute Gasteiger partial charge is 0.257 e. The largest absolute Gasteiger partial charge is 0.337 e. The number of hydrogen-bond acceptors (Lipinski definition) is 8. The van der Waals surface area contributed by atoms with Gasteiger partial charge in [-0.25, -0.2) is 14.7 Å². The molecule has 2 N–H and O–H groups in total. The number of carbonyl (C=O) groups excluding carboxylic acids is 2. The zero-order valence-corrected chi connectivity index (χ0v) is 26.4. The van der Waals surface area contributed by atoms with Crippen molar-refractivity contribution in [2.75, 3.05) is 32.0 Å². The summed E-state index contributed by atoms with van der Waals surface area (Å²) in [5.41, 5.74) is 3.24. The molecule has 0 bridgehead atoms. The Balaban J connectivity index is 1.21. The van der Waals surface area contributed by atoms with E-state index in [0.29, 0.717) is 53.5 Å². The molecule has 2 atom stereocenters. The summed E-state index contributed by atoms with van der Waals surface area (Å²) in [4.78, 5) is 40.4. The van der Waals surface area contributed by atoms with Gasteiger partial charge in [-0.3, -0.25) is 19.8 Å². The Morgan fingerprint density at radius 3 is 2.75 bits per heavy atom. The minimum atomic E-state index is -0.214. The summed E-state index contributed by atoms with van der Waals surface area (Å²) in [5, 5.41) is 17.5. The molecule has 230 valence electrons. The molecular weight excluding hydrogens is 572 g/mol. The fourth-order valence-electron chi connectivity index (χ4n) is 5.87. The number of aryl methyl sites for hydroxylation is 1. The summed E-state index contributed by atoms with van der Waals surface area (Å²) in [6, 6.07) is 7.95. The minimum Gasteiger partial charge on any atom is -0.337 e. The molecule has 1 aliphatic carbocycles. The summed E-state index contributed by atoms with van der Waals surface area (Å²) in [6.07, 6.45) is 13.2. The molecule has 2 aromatic heterocycles. The Morgan fingerprint density at radius 2 is 2.00 bits per heavy atom. The van der Waals surface area contributed by atoms with E-state index >= 15 is 0 Å². The van der Waals surface area contributed by atoms with E-state index < -0.39 is 0 Å². The predicted octanol–water partition coefficient (Wildman–Crippen LogP) is 5.75. The molecule has 44 heavy (non-hydrogen) atoms. The standard InChI is InChI=1S/C33H40N8O2S/c1-4-6-26-19-36-33(44-26)37-32(43)23-10-8-22(9-11-23)30-29-27(34)17-21(2)18-35-31(29)41(38-30)25-14-16-40(20-25)28(42)7-5-15-39(3)24-12-13-24/h5,7-11,18-19,21,24-25,34H,4,6,12-17,20H2,1-3H3,(H,36,37,43). The molecule has 0 spiro atoms. The number of nitrogens with zero attached hydrogens (tertiary/aromatic N) is 6. The van der Waals surface area contributed by atoms with Crippen molar-refractivity contribution in [3.63, 3.8) is 0 Å². The Morgan fingerprint density at radius 1 is 1.20 bits per heavy atom. The molecule has 6 rings (SSSR count). The van der Waals surface area contributed by atoms with Gasteiger partial charge in [-0.1, -0.05) is 38.5 Å². The maximum absolute atomic E-state index is 13.0. The number of aliphatic imine (C=N–C) groups is 1. The molecule has 11 heteroatoms. The van der Waals surface area contributed by atoms with E-state index in [0.717, 1.165) is 41.8 Å². The van der Waals surface area contributed by atoms with Crippen LogP contribution in [-0.4, -0.2) is 81.0 Å². The number of likely N-dealkylation sites (N-methyl/N-ethyl adjacent to an activating group) is 1. The zero-order valence-electron chi connectivity index (χ0n) is 25.6. The van der Waals surface area contributed by atoms with Crippen molar-refractivity contribution in [3.05, 3.63) is 58.6 Å². The van der Waals surface area contributed by atoms with E-state index in [1.165, 1.54) is 24.2 Å². The summed E-state index contributed by atoms with van der Waals surface area (Å²) in [7, 11) is 2.10. The number of anilines is 1. The van der Waals surface area contributed by atoms with Gasteiger partial charge in [-0.2, -0.15) is 5.10 Å². The van der Waals surface area contributed by atoms with Gasteiger partial charge in [-0.15, -0.1) is 11.3 Å². The lowest BCUT2D eigenvalue weighted by molar-refractivity contribution is -0.125. The van der Waals surface area contributed by atoms with Gasteiger partial charge in [0.25, 0.3) is 5.91 Å². The van der Waals surface area contributed by atoms with Crippen LogP contribution in [0.2, 0.25) is 0 Å². The summed E-state index contributed by atoms with van der Waals surface area (Å²) < 4.78 is 1.92. The van der Waals surface area contributed by atoms with Crippen LogP contribution in [0.4, 0.5) is 10.9 Å². The van der Waals surface area contributed by atoms with Gasteiger partial charge in [0, 0.05) is 65.9 Å². The number of likely N-dealkylation sites (tertiary alicyclic amines) is 1. The number of amides is 2. The van der Waals surface area contributed by atoms with E-state index in [1.807, 2.05) is 40.2 Å². The number of benzene rings is 1. The first-order chi connectivity index (χ1) is 21.3. The van der Waals surface area contributed by atoms with Crippen molar-refractivity contribution in [2.45, 2.75) is 64.5 Å². The van der Waals surface area contributed by atoms with Gasteiger partial charge in [0.1, 0.15) is 5.69 Å². The molecule has 0 radical (unpaired) electrons. The molecule has 4 heterocycles. The van der Waals surface area contributed by atoms with E-state index in [-0.39, 0.29) is 23.8 Å². The molecule has 3 aromatic rings. The summed E-state index contributed by atoms with van der Waals surface area (Å²) >= 11 is 1.50. The lowest BCUT2D eigenvalue weighted by Gasteiger charge is -2.16. The first kappa shape index (κ1) is 30.1. The average molecular weight is 613 g/mol. The minimum absolute atomic E-state index is 0.0215. The third-order valence-corrected chi connectivity index (χ3v) is 9.47. The highest BCUT2D eigenvalue weighted by Crippen LogP contribution is 2.38. The lowest BCUT2D eigenvalue weighted by atomic mass is 9.97. The molecule has 3 aliphatic rings. The van der Waals surface area contributed by atoms with Crippen LogP contribution >= 0.6 is 11.3 Å². The lowest BCUT2D eigenvalue weighted by Crippen LogP contribution is -2.28. The van der Waals surface area contributed by atoms with Gasteiger partial charge < -0.3 is 10.3 Å². The number of aromatic nitrogens is 3. The first-order valence-corrected chi connectivity index (χ1v) is 16.4. The Hall–Kier alpha value is -3.96. The Bertz CT molecular complexity index is 1600. The first-order valence-electron chi connectivity index (χ1n) is 15.6. The fraction of sp³-hybridized carbons (Fsp3) is 0.455. The normalized spacial score (nSPS) is 20.0. The van der Waals surface area contributed by atoms with E-state index in [1.54, 1.807) is 18.2 Å². The molecule has 2 amide bonds. The quantitative estimate of drug-likeness (QED) is 0.283. The topological polar surface area (TPSA) is 120 Å². The van der Waals surface area contributed by atoms with E-state index in [4.69, 9.17) is 15.5 Å². The highest BCUT2D eigenvalue weighted by molar-refractivity contribution is 7.15. The van der Waals surface area contributed by atoms with Gasteiger partial charge >= 0.3 is 0 Å². The SMILES string of the molecule is CCCc1cnc(NC(=O)c2ccc(-c3nn(C4CCN(C(=O)C=CCN(C)C5CC5)C4)c4c3C(=N)CC(C)C=N4)cc2)s1. The van der Waals surface area contributed by atoms with Crippen LogP contribution in [0.3, 0.4) is 0 Å². The van der Waals surface area contributed by atoms with Crippen molar-refractivity contribution in [1.29, 1.82) is 5.41 Å². The van der Waals surface area contributed by atoms with Crippen LogP contribution in [0.5, 0.6) is 0 Å². The highest BCUT2D eigenvalue weighted by atomic mass is 32.1. The van der Waals surface area contributed by atoms with Crippen LogP contribution in [0.1, 0.15) is 72.8 Å². The Kier molecular flexibility index (Phi) is 8.86. The van der Waals surface area contributed by atoms with Crippen molar-refractivity contribution >= 4 is 46.0 Å². The molecule has 2 unspecified atom stereocenters. The number of nitrogens with one attached hydrogen (secondary N) is 2. The van der Waals surface area contributed by atoms with E-state index in [9.17, 15) is 9.59 Å². The molecule has 1 aromatic carbocycles. The number of hydrogen-bond donors (Lipinski definition) is 2. The monoisotopic (exact) mass is 612 g/mol. The second-order valence-corrected chi connectivity index (χ2v) is 13.3. The Labute approximate surface area is 262 Å². The van der Waals surface area contributed by atoms with Gasteiger partial charge in [-0.05, 0) is 57.2 Å². The summed E-state index contributed by atoms with van der Waals surface area (Å²) in [6.45, 7) is 6.16. The third kappa shape index (κ3) is 6.58. The van der Waals surface area contributed by atoms with E-state index in [2.05, 4.69) is 36.1 Å². The number of fused-ring (bicyclic) bond motifs is 1. The highest BCUT2D eigenvalue weighted by Gasteiger charge is 2.33. The average Bonchev–Trinajstić information content (AvgIpc) is 3.44. The third-order valence-electron chi connectivity index (χ3n) is 8.50. The molecule has 1 saturated carbocycles. The van der Waals surface area contributed by atoms with Crippen molar-refractivity contribution < 1.29 is 9.59 Å². The molecule has 10 nitrogen and oxygen atoms in total. The van der Waals surface area contributed by atoms with Crippen molar-refractivity contribution in [1.82, 2.24) is 24.6 Å². The second-order valence-electron chi connectivity index (χ2n) is 12.1.